The van der Waals surface area contributed by atoms with Gasteiger partial charge in [-0.2, -0.15) is 0 Å². The minimum atomic E-state index is -0.643. The number of benzene rings is 2. The quantitative estimate of drug-likeness (QED) is 0.482. The maximum absolute atomic E-state index is 12.8. The van der Waals surface area contributed by atoms with Crippen molar-refractivity contribution in [1.29, 1.82) is 0 Å². The van der Waals surface area contributed by atoms with Crippen LogP contribution in [0.4, 0.5) is 17.1 Å². The number of hydrogen-bond donors (Lipinski definition) is 1. The number of nitro groups is 1. The zero-order chi connectivity index (χ0) is 21.3. The van der Waals surface area contributed by atoms with Crippen molar-refractivity contribution in [1.82, 2.24) is 0 Å². The summed E-state index contributed by atoms with van der Waals surface area (Å²) in [6, 6.07) is 12.4. The third kappa shape index (κ3) is 3.77. The Kier molecular flexibility index (Phi) is 5.24. The molecule has 0 unspecified atom stereocenters. The van der Waals surface area contributed by atoms with Gasteiger partial charge in [0.05, 0.1) is 11.2 Å². The van der Waals surface area contributed by atoms with Crippen LogP contribution in [0.5, 0.6) is 0 Å². The van der Waals surface area contributed by atoms with Crippen molar-refractivity contribution < 1.29 is 18.9 Å². The van der Waals surface area contributed by atoms with Crippen LogP contribution >= 0.6 is 11.6 Å². The van der Waals surface area contributed by atoms with Gasteiger partial charge in [-0.15, -0.1) is 0 Å². The van der Waals surface area contributed by atoms with Crippen molar-refractivity contribution in [2.75, 3.05) is 16.8 Å². The molecule has 152 valence electrons. The van der Waals surface area contributed by atoms with E-state index in [9.17, 15) is 19.7 Å². The predicted octanol–water partition coefficient (Wildman–Crippen LogP) is 4.69. The molecule has 0 atom stereocenters. The number of fused-ring (bicyclic) bond motifs is 1. The van der Waals surface area contributed by atoms with Gasteiger partial charge in [-0.3, -0.25) is 19.7 Å². The van der Waals surface area contributed by atoms with Crippen LogP contribution in [0, 0.1) is 10.1 Å². The second kappa shape index (κ2) is 8.00. The molecule has 2 amide bonds. The van der Waals surface area contributed by atoms with E-state index in [-0.39, 0.29) is 27.9 Å². The fourth-order valence-electron chi connectivity index (χ4n) is 3.39. The summed E-state index contributed by atoms with van der Waals surface area (Å²) < 4.78 is 5.23. The van der Waals surface area contributed by atoms with Gasteiger partial charge >= 0.3 is 0 Å². The molecule has 1 aliphatic heterocycles. The maximum atomic E-state index is 12.8. The average molecular weight is 426 g/mol. The number of rotatable bonds is 4. The van der Waals surface area contributed by atoms with Crippen LogP contribution in [0.15, 0.2) is 59.2 Å². The standard InChI is InChI=1S/C21H16ClN3O5/c22-16-8-6-14(11-18(16)25(28)29)20(26)23-15-7-5-13-3-1-9-24(17(13)12-15)21(27)19-4-2-10-30-19/h2,4-8,10-12H,1,3,9H2,(H,23,26). The molecule has 9 heteroatoms. The van der Waals surface area contributed by atoms with E-state index in [1.54, 1.807) is 29.2 Å². The number of aryl methyl sites for hydroxylation is 1. The highest BCUT2D eigenvalue weighted by molar-refractivity contribution is 6.32. The summed E-state index contributed by atoms with van der Waals surface area (Å²) in [7, 11) is 0. The maximum Gasteiger partial charge on any atom is 0.293 e. The second-order valence-corrected chi connectivity index (χ2v) is 7.17. The summed E-state index contributed by atoms with van der Waals surface area (Å²) in [4.78, 5) is 37.4. The number of anilines is 2. The molecule has 1 aromatic heterocycles. The molecule has 0 bridgehead atoms. The van der Waals surface area contributed by atoms with Gasteiger partial charge in [-0.25, -0.2) is 0 Å². The van der Waals surface area contributed by atoms with E-state index in [0.29, 0.717) is 17.9 Å². The first-order valence-electron chi connectivity index (χ1n) is 9.17. The Morgan fingerprint density at radius 2 is 2.00 bits per heavy atom. The molecular formula is C21H16ClN3O5. The number of furan rings is 1. The Bertz CT molecular complexity index is 1140. The summed E-state index contributed by atoms with van der Waals surface area (Å²) >= 11 is 5.80. The van der Waals surface area contributed by atoms with Crippen molar-refractivity contribution in [3.8, 4) is 0 Å². The van der Waals surface area contributed by atoms with Crippen molar-refractivity contribution in [3.63, 3.8) is 0 Å². The zero-order valence-electron chi connectivity index (χ0n) is 15.6. The lowest BCUT2D eigenvalue weighted by Crippen LogP contribution is -2.35. The summed E-state index contributed by atoms with van der Waals surface area (Å²) in [5, 5.41) is 13.7. The molecule has 0 saturated heterocycles. The lowest BCUT2D eigenvalue weighted by molar-refractivity contribution is -0.384. The largest absolute Gasteiger partial charge is 0.459 e. The first-order valence-corrected chi connectivity index (χ1v) is 9.55. The Hall–Kier alpha value is -3.65. The van der Waals surface area contributed by atoms with Gasteiger partial charge in [0.2, 0.25) is 0 Å². The van der Waals surface area contributed by atoms with Gasteiger partial charge in [-0.05, 0) is 54.8 Å². The Labute approximate surface area is 176 Å². The van der Waals surface area contributed by atoms with Crippen LogP contribution < -0.4 is 10.2 Å². The van der Waals surface area contributed by atoms with Crippen LogP contribution in [0.1, 0.15) is 32.9 Å². The highest BCUT2D eigenvalue weighted by Crippen LogP contribution is 2.32. The molecule has 0 saturated carbocycles. The SMILES string of the molecule is O=C(Nc1ccc2c(c1)N(C(=O)c1ccco1)CCC2)c1ccc(Cl)c([N+](=O)[O-])c1. The number of nitrogens with zero attached hydrogens (tertiary/aromatic N) is 2. The van der Waals surface area contributed by atoms with Gasteiger partial charge in [0.15, 0.2) is 5.76 Å². The van der Waals surface area contributed by atoms with Gasteiger partial charge in [0.1, 0.15) is 5.02 Å². The molecule has 30 heavy (non-hydrogen) atoms. The van der Waals surface area contributed by atoms with Crippen LogP contribution in [0.2, 0.25) is 5.02 Å². The number of nitro benzene ring substituents is 1. The molecule has 1 aliphatic rings. The van der Waals surface area contributed by atoms with Gasteiger partial charge in [-0.1, -0.05) is 17.7 Å². The highest BCUT2D eigenvalue weighted by atomic mass is 35.5. The van der Waals surface area contributed by atoms with E-state index in [1.807, 2.05) is 6.07 Å². The van der Waals surface area contributed by atoms with Crippen LogP contribution in [0.3, 0.4) is 0 Å². The molecule has 3 aromatic rings. The van der Waals surface area contributed by atoms with Gasteiger partial charge < -0.3 is 14.6 Å². The monoisotopic (exact) mass is 425 g/mol. The van der Waals surface area contributed by atoms with Gasteiger partial charge in [0.25, 0.3) is 17.5 Å². The van der Waals surface area contributed by atoms with Crippen LogP contribution in [0.25, 0.3) is 0 Å². The molecule has 0 aliphatic carbocycles. The summed E-state index contributed by atoms with van der Waals surface area (Å²) in [6.45, 7) is 0.535. The molecule has 4 rings (SSSR count). The lowest BCUT2D eigenvalue weighted by atomic mass is 10.0. The Balaban J connectivity index is 1.60. The molecule has 0 spiro atoms. The third-order valence-electron chi connectivity index (χ3n) is 4.84. The molecule has 8 nitrogen and oxygen atoms in total. The van der Waals surface area contributed by atoms with E-state index in [1.165, 1.54) is 18.4 Å². The number of carbonyl (C=O) groups is 2. The van der Waals surface area contributed by atoms with Crippen LogP contribution in [-0.4, -0.2) is 23.3 Å². The van der Waals surface area contributed by atoms with Gasteiger partial charge in [0, 0.05) is 29.5 Å². The van der Waals surface area contributed by atoms with Crippen molar-refractivity contribution >= 4 is 40.5 Å². The first-order chi connectivity index (χ1) is 14.4. The van der Waals surface area contributed by atoms with E-state index >= 15 is 0 Å². The fourth-order valence-corrected chi connectivity index (χ4v) is 3.58. The molecule has 1 N–H and O–H groups in total. The molecule has 0 radical (unpaired) electrons. The second-order valence-electron chi connectivity index (χ2n) is 6.76. The zero-order valence-corrected chi connectivity index (χ0v) is 16.4. The third-order valence-corrected chi connectivity index (χ3v) is 5.16. The summed E-state index contributed by atoms with van der Waals surface area (Å²) in [5.74, 6) is -0.530. The molecular weight excluding hydrogens is 410 g/mol. The van der Waals surface area contributed by atoms with Crippen molar-refractivity contribution in [3.05, 3.63) is 86.8 Å². The van der Waals surface area contributed by atoms with Crippen molar-refractivity contribution in [2.24, 2.45) is 0 Å². The van der Waals surface area contributed by atoms with Crippen LogP contribution in [-0.2, 0) is 6.42 Å². The molecule has 0 fully saturated rings. The molecule has 2 heterocycles. The minimum Gasteiger partial charge on any atom is -0.459 e. The van der Waals surface area contributed by atoms with E-state index in [4.69, 9.17) is 16.0 Å². The Morgan fingerprint density at radius 3 is 2.73 bits per heavy atom. The summed E-state index contributed by atoms with van der Waals surface area (Å²) in [5.41, 5.74) is 1.91. The predicted molar refractivity (Wildman–Crippen MR) is 111 cm³/mol. The average Bonchev–Trinajstić information content (AvgIpc) is 3.27. The highest BCUT2D eigenvalue weighted by Gasteiger charge is 2.26. The van der Waals surface area contributed by atoms with Crippen molar-refractivity contribution in [2.45, 2.75) is 12.8 Å². The smallest absolute Gasteiger partial charge is 0.293 e. The Morgan fingerprint density at radius 1 is 1.17 bits per heavy atom. The fraction of sp³-hybridized carbons (Fsp3) is 0.143. The number of halogens is 1. The van der Waals surface area contributed by atoms with E-state index < -0.39 is 10.8 Å². The minimum absolute atomic E-state index is 0.0441. The number of hydrogen-bond acceptors (Lipinski definition) is 5. The first kappa shape index (κ1) is 19.7. The topological polar surface area (TPSA) is 106 Å². The number of amides is 2. The normalized spacial score (nSPS) is 12.9. The summed E-state index contributed by atoms with van der Waals surface area (Å²) in [6.07, 6.45) is 3.08. The van der Waals surface area contributed by atoms with E-state index in [2.05, 4.69) is 5.32 Å². The number of nitrogens with one attached hydrogen (secondary N) is 1. The molecule has 2 aromatic carbocycles. The lowest BCUT2D eigenvalue weighted by Gasteiger charge is -2.29. The van der Waals surface area contributed by atoms with E-state index in [0.717, 1.165) is 24.5 Å². The number of carbonyl (C=O) groups excluding carboxylic acids is 2.